The molecule has 0 radical (unpaired) electrons. The van der Waals surface area contributed by atoms with Crippen molar-refractivity contribution in [2.75, 3.05) is 12.0 Å². The van der Waals surface area contributed by atoms with Crippen LogP contribution in [0.3, 0.4) is 0 Å². The molecule has 7 heteroatoms. The van der Waals surface area contributed by atoms with Crippen LogP contribution in [0.15, 0.2) is 54.1 Å². The van der Waals surface area contributed by atoms with Gasteiger partial charge in [0.05, 0.1) is 12.8 Å². The van der Waals surface area contributed by atoms with Crippen molar-refractivity contribution >= 4 is 29.6 Å². The Morgan fingerprint density at radius 2 is 1.84 bits per heavy atom. The number of carbonyl (C=O) groups is 3. The molecule has 0 spiro atoms. The number of benzene rings is 2. The van der Waals surface area contributed by atoms with Gasteiger partial charge in [0.2, 0.25) is 0 Å². The lowest BCUT2D eigenvalue weighted by Gasteiger charge is -2.26. The van der Waals surface area contributed by atoms with Crippen LogP contribution in [0.4, 0.5) is 10.5 Å². The molecule has 126 valence electrons. The molecule has 1 heterocycles. The number of hydrogen-bond acceptors (Lipinski definition) is 5. The van der Waals surface area contributed by atoms with E-state index in [9.17, 15) is 19.5 Å². The van der Waals surface area contributed by atoms with Crippen LogP contribution in [-0.4, -0.2) is 30.1 Å². The van der Waals surface area contributed by atoms with Crippen molar-refractivity contribution in [1.29, 1.82) is 0 Å². The molecule has 1 saturated heterocycles. The highest BCUT2D eigenvalue weighted by Gasteiger charge is 2.36. The minimum atomic E-state index is -0.837. The molecule has 1 aliphatic heterocycles. The van der Waals surface area contributed by atoms with E-state index < -0.39 is 17.8 Å². The quantitative estimate of drug-likeness (QED) is 0.660. The fraction of sp³-hybridized carbons (Fsp3) is 0.0556. The van der Waals surface area contributed by atoms with E-state index in [1.54, 1.807) is 30.3 Å². The maximum absolute atomic E-state index is 12.7. The molecule has 1 fully saturated rings. The van der Waals surface area contributed by atoms with E-state index in [0.29, 0.717) is 11.3 Å². The highest BCUT2D eigenvalue weighted by molar-refractivity contribution is 6.39. The lowest BCUT2D eigenvalue weighted by molar-refractivity contribution is -0.122. The predicted octanol–water partition coefficient (Wildman–Crippen LogP) is 2.07. The minimum absolute atomic E-state index is 0.00116. The van der Waals surface area contributed by atoms with Crippen LogP contribution in [0.5, 0.6) is 11.5 Å². The van der Waals surface area contributed by atoms with Gasteiger partial charge in [-0.3, -0.25) is 14.9 Å². The number of amides is 4. The second-order valence-electron chi connectivity index (χ2n) is 5.25. The summed E-state index contributed by atoms with van der Waals surface area (Å²) in [4.78, 5) is 37.8. The minimum Gasteiger partial charge on any atom is -0.508 e. The predicted molar refractivity (Wildman–Crippen MR) is 90.1 cm³/mol. The first kappa shape index (κ1) is 16.3. The molecule has 4 amide bonds. The van der Waals surface area contributed by atoms with Gasteiger partial charge in [-0.15, -0.1) is 0 Å². The lowest BCUT2D eigenvalue weighted by Crippen LogP contribution is -2.54. The van der Waals surface area contributed by atoms with Crippen LogP contribution in [0.1, 0.15) is 5.56 Å². The summed E-state index contributed by atoms with van der Waals surface area (Å²) in [7, 11) is 1.47. The molecule has 2 aromatic carbocycles. The number of barbiturate groups is 1. The number of imide groups is 2. The zero-order valence-corrected chi connectivity index (χ0v) is 13.2. The second-order valence-corrected chi connectivity index (χ2v) is 5.25. The molecular formula is C18H14N2O5. The highest BCUT2D eigenvalue weighted by atomic mass is 16.5. The van der Waals surface area contributed by atoms with Gasteiger partial charge in [0.1, 0.15) is 17.1 Å². The number of nitrogens with one attached hydrogen (secondary N) is 1. The zero-order valence-electron chi connectivity index (χ0n) is 13.2. The smallest absolute Gasteiger partial charge is 0.335 e. The van der Waals surface area contributed by atoms with Crippen molar-refractivity contribution in [1.82, 2.24) is 5.32 Å². The lowest BCUT2D eigenvalue weighted by atomic mass is 10.1. The molecule has 0 aliphatic carbocycles. The number of urea groups is 1. The average Bonchev–Trinajstić information content (AvgIpc) is 2.59. The van der Waals surface area contributed by atoms with Gasteiger partial charge in [0.25, 0.3) is 11.8 Å². The van der Waals surface area contributed by atoms with Gasteiger partial charge >= 0.3 is 6.03 Å². The summed E-state index contributed by atoms with van der Waals surface area (Å²) >= 11 is 0. The summed E-state index contributed by atoms with van der Waals surface area (Å²) in [6, 6.07) is 11.6. The molecule has 1 aliphatic rings. The van der Waals surface area contributed by atoms with Gasteiger partial charge in [-0.05, 0) is 35.9 Å². The van der Waals surface area contributed by atoms with E-state index in [1.807, 2.05) is 0 Å². The number of nitrogens with zero attached hydrogens (tertiary/aromatic N) is 1. The number of methoxy groups -OCH3 is 1. The largest absolute Gasteiger partial charge is 0.508 e. The summed E-state index contributed by atoms with van der Waals surface area (Å²) < 4.78 is 5.09. The number of phenols is 1. The van der Waals surface area contributed by atoms with Crippen molar-refractivity contribution in [2.45, 2.75) is 0 Å². The zero-order chi connectivity index (χ0) is 18.0. The van der Waals surface area contributed by atoms with Crippen molar-refractivity contribution in [3.63, 3.8) is 0 Å². The molecule has 2 N–H and O–H groups in total. The molecule has 0 bridgehead atoms. The normalized spacial score (nSPS) is 16.1. The molecule has 0 atom stereocenters. The Hall–Kier alpha value is -3.61. The Bertz CT molecular complexity index is 904. The van der Waals surface area contributed by atoms with Crippen LogP contribution in [-0.2, 0) is 9.59 Å². The first-order chi connectivity index (χ1) is 12.0. The van der Waals surface area contributed by atoms with Gasteiger partial charge in [0, 0.05) is 6.07 Å². The van der Waals surface area contributed by atoms with E-state index in [1.165, 1.54) is 31.4 Å². The van der Waals surface area contributed by atoms with Gasteiger partial charge in [-0.2, -0.15) is 0 Å². The SMILES string of the molecule is COc1cccc(N2C(=O)NC(=O)/C(=C/c3cccc(O)c3)C2=O)c1. The third-order valence-corrected chi connectivity index (χ3v) is 3.59. The van der Waals surface area contributed by atoms with E-state index in [-0.39, 0.29) is 17.0 Å². The third kappa shape index (κ3) is 3.20. The van der Waals surface area contributed by atoms with Crippen LogP contribution in [0.25, 0.3) is 6.08 Å². The summed E-state index contributed by atoms with van der Waals surface area (Å²) in [6.45, 7) is 0. The Balaban J connectivity index is 2.02. The van der Waals surface area contributed by atoms with Crippen molar-refractivity contribution < 1.29 is 24.2 Å². The van der Waals surface area contributed by atoms with Crippen molar-refractivity contribution in [2.24, 2.45) is 0 Å². The molecule has 3 rings (SSSR count). The molecule has 25 heavy (non-hydrogen) atoms. The standard InChI is InChI=1S/C18H14N2O5/c1-25-14-7-3-5-12(10-14)20-17(23)15(16(22)19-18(20)24)9-11-4-2-6-13(21)8-11/h2-10,21H,1H3,(H,19,22,24)/b15-9-. The fourth-order valence-corrected chi connectivity index (χ4v) is 2.42. The fourth-order valence-electron chi connectivity index (χ4n) is 2.42. The number of anilines is 1. The van der Waals surface area contributed by atoms with Crippen molar-refractivity contribution in [3.8, 4) is 11.5 Å². The Labute approximate surface area is 143 Å². The number of aromatic hydroxyl groups is 1. The first-order valence-corrected chi connectivity index (χ1v) is 7.34. The number of hydrogen-bond donors (Lipinski definition) is 2. The molecule has 7 nitrogen and oxygen atoms in total. The maximum atomic E-state index is 12.7. The summed E-state index contributed by atoms with van der Waals surface area (Å²) in [5.41, 5.74) is 0.516. The summed E-state index contributed by atoms with van der Waals surface area (Å²) in [5.74, 6) is -1.09. The second kappa shape index (κ2) is 6.48. The monoisotopic (exact) mass is 338 g/mol. The molecule has 2 aromatic rings. The highest BCUT2D eigenvalue weighted by Crippen LogP contribution is 2.25. The summed E-state index contributed by atoms with van der Waals surface area (Å²) in [6.07, 6.45) is 1.32. The Morgan fingerprint density at radius 3 is 2.56 bits per heavy atom. The van der Waals surface area contributed by atoms with Crippen LogP contribution in [0.2, 0.25) is 0 Å². The molecular weight excluding hydrogens is 324 g/mol. The maximum Gasteiger partial charge on any atom is 0.335 e. The number of carbonyl (C=O) groups excluding carboxylic acids is 3. The third-order valence-electron chi connectivity index (χ3n) is 3.59. The first-order valence-electron chi connectivity index (χ1n) is 7.34. The van der Waals surface area contributed by atoms with Gasteiger partial charge in [0.15, 0.2) is 0 Å². The van der Waals surface area contributed by atoms with E-state index >= 15 is 0 Å². The van der Waals surface area contributed by atoms with E-state index in [0.717, 1.165) is 4.90 Å². The Morgan fingerprint density at radius 1 is 1.08 bits per heavy atom. The van der Waals surface area contributed by atoms with Gasteiger partial charge in [-0.25, -0.2) is 9.69 Å². The van der Waals surface area contributed by atoms with Gasteiger partial charge in [-0.1, -0.05) is 18.2 Å². The van der Waals surface area contributed by atoms with E-state index in [4.69, 9.17) is 4.74 Å². The van der Waals surface area contributed by atoms with Crippen LogP contribution in [0, 0.1) is 0 Å². The average molecular weight is 338 g/mol. The van der Waals surface area contributed by atoms with Crippen molar-refractivity contribution in [3.05, 3.63) is 59.7 Å². The number of rotatable bonds is 3. The van der Waals surface area contributed by atoms with Crippen LogP contribution >= 0.6 is 0 Å². The summed E-state index contributed by atoms with van der Waals surface area (Å²) in [5, 5.41) is 11.6. The molecule has 0 saturated carbocycles. The topological polar surface area (TPSA) is 95.9 Å². The van der Waals surface area contributed by atoms with Crippen LogP contribution < -0.4 is 15.0 Å². The number of phenolic OH excluding ortho intramolecular Hbond substituents is 1. The van der Waals surface area contributed by atoms with E-state index in [2.05, 4.69) is 5.32 Å². The van der Waals surface area contributed by atoms with Gasteiger partial charge < -0.3 is 9.84 Å². The molecule has 0 unspecified atom stereocenters. The molecule has 0 aromatic heterocycles. The number of ether oxygens (including phenoxy) is 1. The Kier molecular flexibility index (Phi) is 4.21.